The van der Waals surface area contributed by atoms with Crippen molar-refractivity contribution >= 4 is 34.7 Å². The van der Waals surface area contributed by atoms with Gasteiger partial charge in [-0.3, -0.25) is 9.59 Å². The number of carbonyl (C=O) groups excluding carboxylic acids is 2. The summed E-state index contributed by atoms with van der Waals surface area (Å²) in [5.74, 6) is 0.477. The van der Waals surface area contributed by atoms with Gasteiger partial charge in [-0.25, -0.2) is 4.52 Å². The van der Waals surface area contributed by atoms with E-state index in [9.17, 15) is 9.59 Å². The number of amides is 1. The fraction of sp³-hybridized carbons (Fsp3) is 0.231. The molecule has 0 aliphatic rings. The molecule has 0 unspecified atom stereocenters. The van der Waals surface area contributed by atoms with Crippen LogP contribution in [0.3, 0.4) is 0 Å². The number of anilines is 3. The molecule has 0 atom stereocenters. The molecule has 8 nitrogen and oxygen atoms in total. The highest BCUT2D eigenvalue weighted by Crippen LogP contribution is 2.24. The predicted octanol–water partition coefficient (Wildman–Crippen LogP) is 4.62. The molecule has 174 valence electrons. The monoisotopic (exact) mass is 456 g/mol. The fourth-order valence-corrected chi connectivity index (χ4v) is 3.70. The second kappa shape index (κ2) is 10.3. The zero-order valence-corrected chi connectivity index (χ0v) is 19.6. The highest BCUT2D eigenvalue weighted by atomic mass is 16.1. The highest BCUT2D eigenvalue weighted by Gasteiger charge is 2.11. The van der Waals surface area contributed by atoms with Gasteiger partial charge >= 0.3 is 0 Å². The van der Waals surface area contributed by atoms with Crippen LogP contribution in [-0.4, -0.2) is 51.8 Å². The van der Waals surface area contributed by atoms with Gasteiger partial charge in [-0.05, 0) is 75.6 Å². The van der Waals surface area contributed by atoms with E-state index < -0.39 is 0 Å². The van der Waals surface area contributed by atoms with Crippen molar-refractivity contribution in [2.75, 3.05) is 31.3 Å². The number of nitrogens with one attached hydrogen (secondary N) is 2. The summed E-state index contributed by atoms with van der Waals surface area (Å²) in [5.41, 5.74) is 4.67. The molecule has 4 rings (SSSR count). The molecule has 2 heterocycles. The molecular weight excluding hydrogens is 428 g/mol. The number of fused-ring (bicyclic) bond motifs is 1. The Kier molecular flexibility index (Phi) is 6.98. The lowest BCUT2D eigenvalue weighted by Gasteiger charge is -2.08. The third kappa shape index (κ3) is 5.65. The average molecular weight is 457 g/mol. The minimum atomic E-state index is -0.121. The third-order valence-corrected chi connectivity index (χ3v) is 5.31. The summed E-state index contributed by atoms with van der Waals surface area (Å²) in [6, 6.07) is 20.7. The third-order valence-electron chi connectivity index (χ3n) is 5.31. The van der Waals surface area contributed by atoms with Crippen LogP contribution in [0.1, 0.15) is 30.1 Å². The zero-order chi connectivity index (χ0) is 24.1. The summed E-state index contributed by atoms with van der Waals surface area (Å²) in [5, 5.41) is 10.6. The smallest absolute Gasteiger partial charge is 0.247 e. The van der Waals surface area contributed by atoms with Crippen LogP contribution in [0.2, 0.25) is 0 Å². The van der Waals surface area contributed by atoms with Crippen LogP contribution < -0.4 is 10.6 Å². The SMILES string of the molecule is CC(=O)Nc1cccc(-c2cccc3nc(Nc4ccc(C(=O)CCCN(C)C)cc4)nn23)c1. The molecule has 0 spiro atoms. The Labute approximate surface area is 198 Å². The molecule has 4 aromatic rings. The topological polar surface area (TPSA) is 91.6 Å². The molecule has 0 radical (unpaired) electrons. The van der Waals surface area contributed by atoms with Crippen molar-refractivity contribution in [1.82, 2.24) is 19.5 Å². The molecule has 1 amide bonds. The molecule has 0 aliphatic heterocycles. The molecule has 0 bridgehead atoms. The Morgan fingerprint density at radius 3 is 2.47 bits per heavy atom. The lowest BCUT2D eigenvalue weighted by Crippen LogP contribution is -2.14. The van der Waals surface area contributed by atoms with Crippen LogP contribution in [0.5, 0.6) is 0 Å². The van der Waals surface area contributed by atoms with E-state index >= 15 is 0 Å². The maximum Gasteiger partial charge on any atom is 0.247 e. The molecular formula is C26H28N6O2. The van der Waals surface area contributed by atoms with Crippen LogP contribution in [-0.2, 0) is 4.79 Å². The van der Waals surface area contributed by atoms with Gasteiger partial charge in [0.2, 0.25) is 11.9 Å². The first-order chi connectivity index (χ1) is 16.4. The van der Waals surface area contributed by atoms with E-state index in [1.165, 1.54) is 6.92 Å². The van der Waals surface area contributed by atoms with Crippen LogP contribution >= 0.6 is 0 Å². The number of aromatic nitrogens is 3. The fourth-order valence-electron chi connectivity index (χ4n) is 3.70. The number of pyridine rings is 1. The summed E-state index contributed by atoms with van der Waals surface area (Å²) >= 11 is 0. The van der Waals surface area contributed by atoms with Gasteiger partial charge in [0.1, 0.15) is 0 Å². The van der Waals surface area contributed by atoms with E-state index in [0.717, 1.165) is 35.6 Å². The predicted molar refractivity (Wildman–Crippen MR) is 135 cm³/mol. The van der Waals surface area contributed by atoms with E-state index in [0.29, 0.717) is 23.6 Å². The first-order valence-electron chi connectivity index (χ1n) is 11.2. The lowest BCUT2D eigenvalue weighted by atomic mass is 10.1. The van der Waals surface area contributed by atoms with E-state index in [2.05, 4.69) is 25.6 Å². The van der Waals surface area contributed by atoms with Crippen molar-refractivity contribution < 1.29 is 9.59 Å². The molecule has 8 heteroatoms. The Bertz CT molecular complexity index is 1310. The van der Waals surface area contributed by atoms with Crippen LogP contribution in [0, 0.1) is 0 Å². The number of hydrogen-bond acceptors (Lipinski definition) is 6. The van der Waals surface area contributed by atoms with Gasteiger partial charge in [0.05, 0.1) is 5.69 Å². The van der Waals surface area contributed by atoms with Gasteiger partial charge in [-0.15, -0.1) is 5.10 Å². The molecule has 2 N–H and O–H groups in total. The largest absolute Gasteiger partial charge is 0.326 e. The molecule has 0 fully saturated rings. The standard InChI is InChI=1S/C26H28N6O2/c1-18(33)27-22-8-4-7-20(17-22)23-9-5-11-25-29-26(30-32(23)25)28-21-14-12-19(13-15-21)24(34)10-6-16-31(2)3/h4-5,7-9,11-15,17H,6,10,16H2,1-3H3,(H,27,33)(H,28,30). The number of nitrogens with zero attached hydrogens (tertiary/aromatic N) is 4. The van der Waals surface area contributed by atoms with E-state index in [1.54, 1.807) is 4.52 Å². The summed E-state index contributed by atoms with van der Waals surface area (Å²) < 4.78 is 1.76. The van der Waals surface area contributed by atoms with Gasteiger partial charge in [0.25, 0.3) is 0 Å². The number of carbonyl (C=O) groups is 2. The number of Topliss-reactive ketones (excluding diaryl/α,β-unsaturated/α-hetero) is 1. The van der Waals surface area contributed by atoms with E-state index in [-0.39, 0.29) is 11.7 Å². The van der Waals surface area contributed by atoms with Crippen molar-refractivity contribution in [3.05, 3.63) is 72.3 Å². The first kappa shape index (κ1) is 23.1. The van der Waals surface area contributed by atoms with Gasteiger partial charge < -0.3 is 15.5 Å². The zero-order valence-electron chi connectivity index (χ0n) is 19.6. The molecule has 2 aromatic heterocycles. The van der Waals surface area contributed by atoms with Gasteiger partial charge in [0.15, 0.2) is 11.4 Å². The summed E-state index contributed by atoms with van der Waals surface area (Å²) in [7, 11) is 4.01. The normalized spacial score (nSPS) is 11.1. The Morgan fingerprint density at radius 1 is 0.971 bits per heavy atom. The number of rotatable bonds is 9. The van der Waals surface area contributed by atoms with Crippen molar-refractivity contribution in [3.8, 4) is 11.3 Å². The number of hydrogen-bond donors (Lipinski definition) is 2. The first-order valence-corrected chi connectivity index (χ1v) is 11.2. The number of ketones is 1. The maximum absolute atomic E-state index is 12.4. The van der Waals surface area contributed by atoms with Gasteiger partial charge in [0, 0.05) is 35.8 Å². The average Bonchev–Trinajstić information content (AvgIpc) is 3.21. The van der Waals surface area contributed by atoms with Crippen LogP contribution in [0.25, 0.3) is 16.9 Å². The molecule has 0 saturated carbocycles. The van der Waals surface area contributed by atoms with Crippen molar-refractivity contribution in [1.29, 1.82) is 0 Å². The van der Waals surface area contributed by atoms with Crippen molar-refractivity contribution in [2.45, 2.75) is 19.8 Å². The van der Waals surface area contributed by atoms with Crippen LogP contribution in [0.4, 0.5) is 17.3 Å². The van der Waals surface area contributed by atoms with Gasteiger partial charge in [-0.2, -0.15) is 4.98 Å². The molecule has 0 saturated heterocycles. The second-order valence-electron chi connectivity index (χ2n) is 8.41. The molecule has 34 heavy (non-hydrogen) atoms. The molecule has 2 aromatic carbocycles. The van der Waals surface area contributed by atoms with E-state index in [1.807, 2.05) is 80.8 Å². The van der Waals surface area contributed by atoms with Crippen LogP contribution in [0.15, 0.2) is 66.7 Å². The Morgan fingerprint density at radius 2 is 1.74 bits per heavy atom. The minimum absolute atomic E-state index is 0.121. The summed E-state index contributed by atoms with van der Waals surface area (Å²) in [6.07, 6.45) is 1.37. The Balaban J connectivity index is 1.51. The van der Waals surface area contributed by atoms with Crippen molar-refractivity contribution in [3.63, 3.8) is 0 Å². The second-order valence-corrected chi connectivity index (χ2v) is 8.41. The highest BCUT2D eigenvalue weighted by molar-refractivity contribution is 5.96. The maximum atomic E-state index is 12.4. The quantitative estimate of drug-likeness (QED) is 0.357. The Hall–Kier alpha value is -4.04. The minimum Gasteiger partial charge on any atom is -0.326 e. The summed E-state index contributed by atoms with van der Waals surface area (Å²) in [4.78, 5) is 30.4. The number of benzene rings is 2. The summed E-state index contributed by atoms with van der Waals surface area (Å²) in [6.45, 7) is 2.38. The lowest BCUT2D eigenvalue weighted by molar-refractivity contribution is -0.114. The van der Waals surface area contributed by atoms with E-state index in [4.69, 9.17) is 0 Å². The molecule has 0 aliphatic carbocycles. The van der Waals surface area contributed by atoms with Gasteiger partial charge in [-0.1, -0.05) is 18.2 Å². The van der Waals surface area contributed by atoms with Crippen molar-refractivity contribution in [2.24, 2.45) is 0 Å².